The van der Waals surface area contributed by atoms with Crippen LogP contribution in [-0.4, -0.2) is 41.2 Å². The van der Waals surface area contributed by atoms with Crippen LogP contribution in [0.15, 0.2) is 60.7 Å². The minimum absolute atomic E-state index is 0.266. The summed E-state index contributed by atoms with van der Waals surface area (Å²) in [6.45, 7) is 10.4. The van der Waals surface area contributed by atoms with Gasteiger partial charge in [0, 0.05) is 18.1 Å². The lowest BCUT2D eigenvalue weighted by atomic mass is 9.78. The number of benzene rings is 2. The summed E-state index contributed by atoms with van der Waals surface area (Å²) in [5, 5.41) is 20.7. The first kappa shape index (κ1) is 27.5. The summed E-state index contributed by atoms with van der Waals surface area (Å²) in [6, 6.07) is 16.3. The van der Waals surface area contributed by atoms with E-state index in [2.05, 4.69) is 29.8 Å². The molecule has 0 aliphatic rings. The lowest BCUT2D eigenvalue weighted by Gasteiger charge is -2.42. The number of rotatable bonds is 11. The van der Waals surface area contributed by atoms with Crippen LogP contribution in [0.4, 0.5) is 4.79 Å². The van der Waals surface area contributed by atoms with Crippen molar-refractivity contribution < 1.29 is 14.7 Å². The van der Waals surface area contributed by atoms with E-state index >= 15 is 0 Å². The zero-order chi connectivity index (χ0) is 25.4. The summed E-state index contributed by atoms with van der Waals surface area (Å²) < 4.78 is 0. The quantitative estimate of drug-likeness (QED) is 0.325. The van der Waals surface area contributed by atoms with Crippen LogP contribution in [0.5, 0.6) is 0 Å². The standard InChI is InChI=1S/C27H40N4O3/c1-19(2)16-22(31-26(3,4)5)23(33)24(27(28,18-32)21-14-10-7-11-15-21)30-25(34)29-17-20-12-8-6-9-13-20/h6-15,18-19,22-24,31,33H,16-17,28H2,1-5H3,(H2,29,30,34). The van der Waals surface area contributed by atoms with E-state index < -0.39 is 29.8 Å². The van der Waals surface area contributed by atoms with Gasteiger partial charge in [0.2, 0.25) is 0 Å². The maximum absolute atomic E-state index is 12.9. The summed E-state index contributed by atoms with van der Waals surface area (Å²) in [7, 11) is 0. The Morgan fingerprint density at radius 3 is 2.09 bits per heavy atom. The number of amides is 2. The summed E-state index contributed by atoms with van der Waals surface area (Å²) >= 11 is 0. The highest BCUT2D eigenvalue weighted by molar-refractivity contribution is 5.77. The van der Waals surface area contributed by atoms with Gasteiger partial charge in [0.1, 0.15) is 11.8 Å². The van der Waals surface area contributed by atoms with Crippen LogP contribution in [0.1, 0.15) is 52.2 Å². The number of carbonyl (C=O) groups excluding carboxylic acids is 2. The van der Waals surface area contributed by atoms with Gasteiger partial charge < -0.3 is 31.6 Å². The van der Waals surface area contributed by atoms with Gasteiger partial charge in [0.05, 0.1) is 12.1 Å². The molecule has 0 radical (unpaired) electrons. The second-order valence-electron chi connectivity index (χ2n) is 10.3. The third-order valence-corrected chi connectivity index (χ3v) is 5.66. The maximum atomic E-state index is 12.9. The average Bonchev–Trinajstić information content (AvgIpc) is 2.80. The molecule has 0 spiro atoms. The van der Waals surface area contributed by atoms with Gasteiger partial charge in [-0.25, -0.2) is 4.79 Å². The highest BCUT2D eigenvalue weighted by atomic mass is 16.3. The molecule has 2 aromatic rings. The lowest BCUT2D eigenvalue weighted by molar-refractivity contribution is -0.115. The average molecular weight is 469 g/mol. The van der Waals surface area contributed by atoms with Crippen LogP contribution in [0.25, 0.3) is 0 Å². The number of aliphatic hydroxyl groups is 1. The fourth-order valence-corrected chi connectivity index (χ4v) is 4.09. The first-order valence-corrected chi connectivity index (χ1v) is 11.8. The Bertz CT molecular complexity index is 899. The molecular weight excluding hydrogens is 428 g/mol. The molecule has 7 nitrogen and oxygen atoms in total. The maximum Gasteiger partial charge on any atom is 0.315 e. The Hall–Kier alpha value is -2.74. The smallest absolute Gasteiger partial charge is 0.315 e. The molecule has 186 valence electrons. The molecule has 4 atom stereocenters. The van der Waals surface area contributed by atoms with Crippen molar-refractivity contribution in [2.75, 3.05) is 0 Å². The van der Waals surface area contributed by atoms with E-state index in [9.17, 15) is 14.7 Å². The third kappa shape index (κ3) is 7.94. The SMILES string of the molecule is CC(C)CC(NC(C)(C)C)C(O)C(NC(=O)NCc1ccccc1)C(N)(C=O)c1ccccc1. The highest BCUT2D eigenvalue weighted by Gasteiger charge is 2.45. The van der Waals surface area contributed by atoms with Crippen molar-refractivity contribution in [3.05, 3.63) is 71.8 Å². The first-order chi connectivity index (χ1) is 16.0. The number of urea groups is 1. The van der Waals surface area contributed by atoms with Crippen LogP contribution in [-0.2, 0) is 16.9 Å². The predicted octanol–water partition coefficient (Wildman–Crippen LogP) is 3.07. The molecule has 0 heterocycles. The molecule has 0 fully saturated rings. The van der Waals surface area contributed by atoms with Gasteiger partial charge in [-0.2, -0.15) is 0 Å². The van der Waals surface area contributed by atoms with Crippen molar-refractivity contribution in [1.29, 1.82) is 0 Å². The van der Waals surface area contributed by atoms with Gasteiger partial charge in [-0.15, -0.1) is 0 Å². The zero-order valence-electron chi connectivity index (χ0n) is 20.9. The Balaban J connectivity index is 2.38. The van der Waals surface area contributed by atoms with Crippen molar-refractivity contribution in [1.82, 2.24) is 16.0 Å². The first-order valence-electron chi connectivity index (χ1n) is 11.8. The molecule has 0 aliphatic carbocycles. The largest absolute Gasteiger partial charge is 0.389 e. The van der Waals surface area contributed by atoms with Crippen LogP contribution >= 0.6 is 0 Å². The van der Waals surface area contributed by atoms with Gasteiger partial charge in [-0.1, -0.05) is 74.5 Å². The molecule has 4 unspecified atom stereocenters. The lowest BCUT2D eigenvalue weighted by Crippen LogP contribution is -2.68. The van der Waals surface area contributed by atoms with Crippen LogP contribution in [0, 0.1) is 5.92 Å². The number of carbonyl (C=O) groups is 2. The Morgan fingerprint density at radius 1 is 1.03 bits per heavy atom. The number of nitrogens with two attached hydrogens (primary N) is 1. The molecule has 7 heteroatoms. The zero-order valence-corrected chi connectivity index (χ0v) is 20.9. The summed E-state index contributed by atoms with van der Waals surface area (Å²) in [6.07, 6.45) is 0.0999. The Labute approximate surface area is 203 Å². The number of aldehydes is 1. The Kier molecular flexibility index (Phi) is 9.79. The van der Waals surface area contributed by atoms with Gasteiger partial charge in [-0.05, 0) is 44.2 Å². The van der Waals surface area contributed by atoms with Crippen LogP contribution in [0.2, 0.25) is 0 Å². The van der Waals surface area contributed by atoms with E-state index in [0.717, 1.165) is 5.56 Å². The number of hydrogen-bond donors (Lipinski definition) is 5. The summed E-state index contributed by atoms with van der Waals surface area (Å²) in [5.74, 6) is 0.266. The van der Waals surface area contributed by atoms with E-state index in [1.807, 2.05) is 57.2 Å². The topological polar surface area (TPSA) is 116 Å². The van der Waals surface area contributed by atoms with Crippen molar-refractivity contribution in [2.45, 2.75) is 76.8 Å². The molecular formula is C27H40N4O3. The van der Waals surface area contributed by atoms with E-state index in [1.165, 1.54) is 0 Å². The normalized spacial score (nSPS) is 16.2. The van der Waals surface area contributed by atoms with E-state index in [1.54, 1.807) is 24.3 Å². The molecule has 2 rings (SSSR count). The number of aliphatic hydroxyl groups excluding tert-OH is 1. The molecule has 0 saturated heterocycles. The minimum atomic E-state index is -1.64. The summed E-state index contributed by atoms with van der Waals surface area (Å²) in [5.41, 5.74) is 6.15. The van der Waals surface area contributed by atoms with Crippen molar-refractivity contribution in [3.8, 4) is 0 Å². The van der Waals surface area contributed by atoms with Gasteiger partial charge >= 0.3 is 6.03 Å². The molecule has 0 saturated carbocycles. The van der Waals surface area contributed by atoms with E-state index in [4.69, 9.17) is 5.73 Å². The number of nitrogens with one attached hydrogen (secondary N) is 3. The molecule has 34 heavy (non-hydrogen) atoms. The molecule has 0 aliphatic heterocycles. The molecule has 2 amide bonds. The second kappa shape index (κ2) is 12.1. The van der Waals surface area contributed by atoms with Gasteiger partial charge in [0.15, 0.2) is 0 Å². The minimum Gasteiger partial charge on any atom is -0.389 e. The van der Waals surface area contributed by atoms with Gasteiger partial charge in [-0.3, -0.25) is 0 Å². The van der Waals surface area contributed by atoms with Crippen LogP contribution in [0.3, 0.4) is 0 Å². The van der Waals surface area contributed by atoms with Gasteiger partial charge in [0.25, 0.3) is 0 Å². The monoisotopic (exact) mass is 468 g/mol. The molecule has 0 aromatic heterocycles. The van der Waals surface area contributed by atoms with Crippen molar-refractivity contribution in [2.24, 2.45) is 11.7 Å². The summed E-state index contributed by atoms with van der Waals surface area (Å²) in [4.78, 5) is 25.4. The van der Waals surface area contributed by atoms with E-state index in [-0.39, 0.29) is 11.5 Å². The second-order valence-corrected chi connectivity index (χ2v) is 10.3. The highest BCUT2D eigenvalue weighted by Crippen LogP contribution is 2.26. The van der Waals surface area contributed by atoms with E-state index in [0.29, 0.717) is 24.8 Å². The number of hydrogen-bond acceptors (Lipinski definition) is 5. The third-order valence-electron chi connectivity index (χ3n) is 5.66. The van der Waals surface area contributed by atoms with Crippen LogP contribution < -0.4 is 21.7 Å². The molecule has 6 N–H and O–H groups in total. The fraction of sp³-hybridized carbons (Fsp3) is 0.481. The molecule has 2 aromatic carbocycles. The Morgan fingerprint density at radius 2 is 1.59 bits per heavy atom. The predicted molar refractivity (Wildman–Crippen MR) is 136 cm³/mol. The molecule has 0 bridgehead atoms. The van der Waals surface area contributed by atoms with Crippen molar-refractivity contribution in [3.63, 3.8) is 0 Å². The van der Waals surface area contributed by atoms with Crippen molar-refractivity contribution >= 4 is 12.3 Å². The fourth-order valence-electron chi connectivity index (χ4n) is 4.09.